The van der Waals surface area contributed by atoms with Crippen LogP contribution in [-0.2, 0) is 13.7 Å². The van der Waals surface area contributed by atoms with E-state index in [0.29, 0.717) is 0 Å². The minimum Gasteiger partial charge on any atom is -0.417 e. The van der Waals surface area contributed by atoms with Gasteiger partial charge in [0.25, 0.3) is 0 Å². The van der Waals surface area contributed by atoms with Gasteiger partial charge in [0.2, 0.25) is 0 Å². The molecule has 1 aliphatic rings. The lowest BCUT2D eigenvalue weighted by atomic mass is 9.89. The van der Waals surface area contributed by atoms with Gasteiger partial charge in [0.05, 0.1) is 11.2 Å². The summed E-state index contributed by atoms with van der Waals surface area (Å²) in [4.78, 5) is 0. The van der Waals surface area contributed by atoms with Crippen LogP contribution in [0.3, 0.4) is 0 Å². The summed E-state index contributed by atoms with van der Waals surface area (Å²) < 4.78 is 18.6. The van der Waals surface area contributed by atoms with Gasteiger partial charge in [0, 0.05) is 6.61 Å². The normalized spacial score (nSPS) is 21.4. The molecule has 0 unspecified atom stereocenters. The molecule has 0 aromatic rings. The van der Waals surface area contributed by atoms with Gasteiger partial charge < -0.3 is 13.7 Å². The summed E-state index contributed by atoms with van der Waals surface area (Å²) in [5.41, 5.74) is -0.633. The lowest BCUT2D eigenvalue weighted by Crippen LogP contribution is -2.41. The maximum atomic E-state index is 6.79. The van der Waals surface area contributed by atoms with Crippen molar-refractivity contribution in [3.05, 3.63) is 11.2 Å². The Kier molecular flexibility index (Phi) is 7.55. The van der Waals surface area contributed by atoms with E-state index in [2.05, 4.69) is 80.6 Å². The second-order valence-corrected chi connectivity index (χ2v) is 21.7. The van der Waals surface area contributed by atoms with Gasteiger partial charge in [-0.3, -0.25) is 0 Å². The summed E-state index contributed by atoms with van der Waals surface area (Å²) in [6.07, 6.45) is 1.93. The molecule has 0 amide bonds. The zero-order valence-corrected chi connectivity index (χ0v) is 21.6. The van der Waals surface area contributed by atoms with Crippen LogP contribution < -0.4 is 0 Å². The first kappa shape index (κ1) is 24.4. The molecule has 7 heteroatoms. The third-order valence-electron chi connectivity index (χ3n) is 6.23. The van der Waals surface area contributed by atoms with Crippen LogP contribution in [0, 0.1) is 0 Å². The Bertz CT molecular complexity index is 504. The summed E-state index contributed by atoms with van der Waals surface area (Å²) in [5, 5.41) is 1.53. The summed E-state index contributed by atoms with van der Waals surface area (Å²) in [5.74, 6) is 2.13. The minimum absolute atomic E-state index is 0.245. The van der Waals surface area contributed by atoms with Gasteiger partial charge in [0.1, 0.15) is 0 Å². The SMILES string of the molecule is CC1(C)OB(/C=C(/CCCO[Si](C)(C)C(C)(C)C)[Si](C)(C)Cl)OC1(C)C. The molecule has 0 saturated carbocycles. The highest BCUT2D eigenvalue weighted by atomic mass is 35.6. The minimum atomic E-state index is -1.95. The second-order valence-electron chi connectivity index (χ2n) is 10.5. The molecular formula is C19H40BClO3Si2. The van der Waals surface area contributed by atoms with E-state index in [0.717, 1.165) is 19.4 Å². The van der Waals surface area contributed by atoms with E-state index in [1.54, 1.807) is 0 Å². The average Bonchev–Trinajstić information content (AvgIpc) is 2.58. The van der Waals surface area contributed by atoms with Crippen molar-refractivity contribution in [1.82, 2.24) is 0 Å². The van der Waals surface area contributed by atoms with Gasteiger partial charge in [-0.25, -0.2) is 0 Å². The molecule has 0 radical (unpaired) electrons. The Hall–Kier alpha value is 0.409. The van der Waals surface area contributed by atoms with Crippen molar-refractivity contribution in [2.45, 2.75) is 104 Å². The molecule has 1 aliphatic heterocycles. The van der Waals surface area contributed by atoms with E-state index in [9.17, 15) is 0 Å². The number of halogens is 1. The summed E-state index contributed by atoms with van der Waals surface area (Å²) in [6.45, 7) is 24.9. The molecule has 0 spiro atoms. The van der Waals surface area contributed by atoms with Crippen LogP contribution in [-0.4, -0.2) is 40.6 Å². The van der Waals surface area contributed by atoms with Crippen LogP contribution in [0.25, 0.3) is 0 Å². The Morgan fingerprint density at radius 1 is 1.04 bits per heavy atom. The fourth-order valence-corrected chi connectivity index (χ4v) is 5.37. The molecule has 1 rings (SSSR count). The van der Waals surface area contributed by atoms with Gasteiger partial charge in [0.15, 0.2) is 15.7 Å². The molecule has 0 aromatic heterocycles. The summed E-state index contributed by atoms with van der Waals surface area (Å²) in [6, 6.07) is 0. The molecule has 26 heavy (non-hydrogen) atoms. The molecule has 0 N–H and O–H groups in total. The van der Waals surface area contributed by atoms with Gasteiger partial charge in [-0.1, -0.05) is 45.0 Å². The van der Waals surface area contributed by atoms with Crippen LogP contribution in [0.5, 0.6) is 0 Å². The van der Waals surface area contributed by atoms with Crippen LogP contribution in [0.2, 0.25) is 31.2 Å². The van der Waals surface area contributed by atoms with E-state index in [4.69, 9.17) is 24.8 Å². The van der Waals surface area contributed by atoms with Gasteiger partial charge in [-0.15, -0.1) is 0 Å². The van der Waals surface area contributed by atoms with E-state index in [-0.39, 0.29) is 23.4 Å². The predicted octanol–water partition coefficient (Wildman–Crippen LogP) is 6.33. The van der Waals surface area contributed by atoms with E-state index >= 15 is 0 Å². The van der Waals surface area contributed by atoms with Crippen molar-refractivity contribution in [3.8, 4) is 0 Å². The van der Waals surface area contributed by atoms with E-state index < -0.39 is 15.7 Å². The van der Waals surface area contributed by atoms with Crippen molar-refractivity contribution in [1.29, 1.82) is 0 Å². The third-order valence-corrected chi connectivity index (χ3v) is 13.4. The molecule has 1 fully saturated rings. The molecule has 1 saturated heterocycles. The van der Waals surface area contributed by atoms with Crippen molar-refractivity contribution < 1.29 is 13.7 Å². The number of hydrogen-bond donors (Lipinski definition) is 0. The van der Waals surface area contributed by atoms with Gasteiger partial charge >= 0.3 is 7.12 Å². The highest BCUT2D eigenvalue weighted by molar-refractivity contribution is 7.23. The second kappa shape index (κ2) is 8.03. The number of rotatable bonds is 7. The zero-order chi connectivity index (χ0) is 20.6. The molecule has 152 valence electrons. The average molecular weight is 419 g/mol. The predicted molar refractivity (Wildman–Crippen MR) is 120 cm³/mol. The molecule has 0 bridgehead atoms. The van der Waals surface area contributed by atoms with E-state index in [1.807, 2.05) is 0 Å². The molecule has 0 atom stereocenters. The van der Waals surface area contributed by atoms with Crippen molar-refractivity contribution >= 4 is 33.9 Å². The van der Waals surface area contributed by atoms with Crippen LogP contribution in [0.4, 0.5) is 0 Å². The van der Waals surface area contributed by atoms with Crippen LogP contribution in [0.15, 0.2) is 11.2 Å². The first-order chi connectivity index (χ1) is 11.4. The third kappa shape index (κ3) is 6.21. The van der Waals surface area contributed by atoms with Crippen molar-refractivity contribution in [2.24, 2.45) is 0 Å². The highest BCUT2D eigenvalue weighted by Crippen LogP contribution is 2.39. The monoisotopic (exact) mass is 418 g/mol. The quantitative estimate of drug-likeness (QED) is 0.274. The van der Waals surface area contributed by atoms with Crippen molar-refractivity contribution in [3.63, 3.8) is 0 Å². The highest BCUT2D eigenvalue weighted by Gasteiger charge is 2.50. The first-order valence-corrected chi connectivity index (χ1v) is 16.7. The number of hydrogen-bond acceptors (Lipinski definition) is 3. The topological polar surface area (TPSA) is 27.7 Å². The van der Waals surface area contributed by atoms with Crippen LogP contribution >= 0.6 is 11.1 Å². The summed E-state index contributed by atoms with van der Waals surface area (Å²) in [7, 11) is -3.96. The Balaban J connectivity index is 2.73. The Labute approximate surface area is 169 Å². The van der Waals surface area contributed by atoms with Crippen molar-refractivity contribution in [2.75, 3.05) is 6.61 Å². The smallest absolute Gasteiger partial charge is 0.417 e. The van der Waals surface area contributed by atoms with E-state index in [1.165, 1.54) is 5.20 Å². The maximum Gasteiger partial charge on any atom is 0.486 e. The molecule has 0 aromatic carbocycles. The largest absolute Gasteiger partial charge is 0.486 e. The molecule has 1 heterocycles. The fraction of sp³-hybridized carbons (Fsp3) is 0.895. The van der Waals surface area contributed by atoms with Crippen LogP contribution in [0.1, 0.15) is 61.3 Å². The number of allylic oxidation sites excluding steroid dienone is 1. The summed E-state index contributed by atoms with van der Waals surface area (Å²) >= 11 is 6.79. The zero-order valence-electron chi connectivity index (χ0n) is 18.9. The lowest BCUT2D eigenvalue weighted by Gasteiger charge is -2.36. The molecular weight excluding hydrogens is 379 g/mol. The first-order valence-electron chi connectivity index (χ1n) is 9.79. The Morgan fingerprint density at radius 2 is 1.50 bits per heavy atom. The van der Waals surface area contributed by atoms with Gasteiger partial charge in [-0.2, -0.15) is 11.1 Å². The Morgan fingerprint density at radius 3 is 1.88 bits per heavy atom. The fourth-order valence-electron chi connectivity index (χ4n) is 2.51. The van der Waals surface area contributed by atoms with Gasteiger partial charge in [-0.05, 0) is 58.7 Å². The molecule has 3 nitrogen and oxygen atoms in total. The lowest BCUT2D eigenvalue weighted by molar-refractivity contribution is 0.00578. The molecule has 0 aliphatic carbocycles. The standard InChI is InChI=1S/C19H40BClO3Si2/c1-17(2,3)26(10,11)22-14-12-13-16(25(8,9)21)15-20-23-18(4,5)19(6,7)24-20/h15H,12-14H2,1-11H3/b16-15-. The maximum absolute atomic E-state index is 6.79.